The number of amides is 1. The molecule has 31 heavy (non-hydrogen) atoms. The van der Waals surface area contributed by atoms with Gasteiger partial charge in [-0.3, -0.25) is 4.79 Å². The second kappa shape index (κ2) is 10.8. The molecule has 1 amide bonds. The zero-order chi connectivity index (χ0) is 22.2. The van der Waals surface area contributed by atoms with Crippen molar-refractivity contribution in [3.8, 4) is 16.9 Å². The van der Waals surface area contributed by atoms with E-state index in [9.17, 15) is 9.59 Å². The van der Waals surface area contributed by atoms with Crippen LogP contribution in [0, 0.1) is 0 Å². The summed E-state index contributed by atoms with van der Waals surface area (Å²) >= 11 is 7.24. The zero-order valence-electron chi connectivity index (χ0n) is 17.2. The van der Waals surface area contributed by atoms with E-state index in [1.54, 1.807) is 31.2 Å². The maximum Gasteiger partial charge on any atom is 0.341 e. The molecule has 160 valence electrons. The lowest BCUT2D eigenvalue weighted by Gasteiger charge is -2.09. The van der Waals surface area contributed by atoms with Crippen LogP contribution in [0.1, 0.15) is 29.8 Å². The van der Waals surface area contributed by atoms with Gasteiger partial charge in [0.1, 0.15) is 16.3 Å². The molecule has 0 atom stereocenters. The summed E-state index contributed by atoms with van der Waals surface area (Å²) in [4.78, 5) is 25.1. The Labute approximate surface area is 190 Å². The molecule has 1 aromatic heterocycles. The van der Waals surface area contributed by atoms with Crippen molar-refractivity contribution in [3.63, 3.8) is 0 Å². The lowest BCUT2D eigenvalue weighted by molar-refractivity contribution is -0.111. The minimum absolute atomic E-state index is 0.236. The van der Waals surface area contributed by atoms with E-state index in [0.717, 1.165) is 16.9 Å². The van der Waals surface area contributed by atoms with Crippen molar-refractivity contribution in [2.75, 3.05) is 18.5 Å². The summed E-state index contributed by atoms with van der Waals surface area (Å²) in [5, 5.41) is 5.64. The first-order valence-corrected chi connectivity index (χ1v) is 11.0. The third-order valence-electron chi connectivity index (χ3n) is 4.26. The first kappa shape index (κ1) is 22.6. The lowest BCUT2D eigenvalue weighted by Crippen LogP contribution is -2.12. The predicted octanol–water partition coefficient (Wildman–Crippen LogP) is 6.30. The van der Waals surface area contributed by atoms with Gasteiger partial charge in [0.2, 0.25) is 5.91 Å². The Balaban J connectivity index is 1.86. The predicted molar refractivity (Wildman–Crippen MR) is 126 cm³/mol. The molecular formula is C24H22ClNO4S. The van der Waals surface area contributed by atoms with Gasteiger partial charge in [-0.05, 0) is 55.3 Å². The van der Waals surface area contributed by atoms with Crippen LogP contribution in [0.15, 0.2) is 60.0 Å². The average Bonchev–Trinajstić information content (AvgIpc) is 3.17. The molecule has 0 unspecified atom stereocenters. The molecule has 3 aromatic rings. The van der Waals surface area contributed by atoms with Gasteiger partial charge in [-0.25, -0.2) is 4.79 Å². The fourth-order valence-electron chi connectivity index (χ4n) is 2.90. The Bertz CT molecular complexity index is 1090. The summed E-state index contributed by atoms with van der Waals surface area (Å²) in [6, 6.07) is 14.6. The molecule has 0 radical (unpaired) electrons. The Hall–Kier alpha value is -3.09. The Morgan fingerprint density at radius 2 is 1.87 bits per heavy atom. The summed E-state index contributed by atoms with van der Waals surface area (Å²) < 4.78 is 10.7. The van der Waals surface area contributed by atoms with Gasteiger partial charge in [-0.2, -0.15) is 0 Å². The first-order valence-electron chi connectivity index (χ1n) is 9.78. The van der Waals surface area contributed by atoms with E-state index in [1.807, 2.05) is 42.6 Å². The highest BCUT2D eigenvalue weighted by atomic mass is 35.5. The summed E-state index contributed by atoms with van der Waals surface area (Å²) in [5.74, 6) is -0.0915. The van der Waals surface area contributed by atoms with Crippen LogP contribution in [0.4, 0.5) is 5.00 Å². The van der Waals surface area contributed by atoms with Crippen LogP contribution in [0.2, 0.25) is 5.02 Å². The van der Waals surface area contributed by atoms with Crippen LogP contribution in [0.5, 0.6) is 5.75 Å². The van der Waals surface area contributed by atoms with Crippen molar-refractivity contribution in [1.82, 2.24) is 0 Å². The number of ether oxygens (including phenoxy) is 2. The molecule has 7 heteroatoms. The summed E-state index contributed by atoms with van der Waals surface area (Å²) in [5.41, 5.74) is 2.66. The van der Waals surface area contributed by atoms with Crippen molar-refractivity contribution in [2.24, 2.45) is 0 Å². The third-order valence-corrected chi connectivity index (χ3v) is 5.39. The number of carbonyl (C=O) groups excluding carboxylic acids is 2. The Morgan fingerprint density at radius 1 is 1.10 bits per heavy atom. The van der Waals surface area contributed by atoms with E-state index < -0.39 is 5.97 Å². The third kappa shape index (κ3) is 5.96. The lowest BCUT2D eigenvalue weighted by atomic mass is 10.0. The van der Waals surface area contributed by atoms with Gasteiger partial charge in [0, 0.05) is 22.0 Å². The monoisotopic (exact) mass is 455 g/mol. The van der Waals surface area contributed by atoms with Crippen molar-refractivity contribution in [1.29, 1.82) is 0 Å². The minimum Gasteiger partial charge on any atom is -0.494 e. The SMILES string of the molecule is CCOC(=O)c1c(-c2ccc(OCC)cc2)csc1NC(=O)/C=C/c1cccc(Cl)c1. The maximum atomic E-state index is 12.7. The number of nitrogens with one attached hydrogen (secondary N) is 1. The highest BCUT2D eigenvalue weighted by molar-refractivity contribution is 7.15. The average molecular weight is 456 g/mol. The van der Waals surface area contributed by atoms with Crippen LogP contribution >= 0.6 is 22.9 Å². The van der Waals surface area contributed by atoms with Crippen molar-refractivity contribution in [2.45, 2.75) is 13.8 Å². The number of halogens is 1. The number of hydrogen-bond acceptors (Lipinski definition) is 5. The molecule has 0 aliphatic heterocycles. The summed E-state index contributed by atoms with van der Waals surface area (Å²) in [7, 11) is 0. The van der Waals surface area contributed by atoms with Crippen molar-refractivity contribution in [3.05, 3.63) is 76.1 Å². The van der Waals surface area contributed by atoms with Gasteiger partial charge in [0.05, 0.1) is 13.2 Å². The summed E-state index contributed by atoms with van der Waals surface area (Å²) in [6.07, 6.45) is 3.06. The normalized spacial score (nSPS) is 10.8. The molecule has 2 aromatic carbocycles. The molecule has 0 spiro atoms. The van der Waals surface area contributed by atoms with Crippen LogP contribution in [0.25, 0.3) is 17.2 Å². The van der Waals surface area contributed by atoms with Gasteiger partial charge in [-0.15, -0.1) is 11.3 Å². The van der Waals surface area contributed by atoms with Crippen LogP contribution in [0.3, 0.4) is 0 Å². The number of anilines is 1. The molecule has 3 rings (SSSR count). The number of thiophene rings is 1. The first-order chi connectivity index (χ1) is 15.0. The molecular weight excluding hydrogens is 434 g/mol. The molecule has 5 nitrogen and oxygen atoms in total. The van der Waals surface area contributed by atoms with Gasteiger partial charge in [0.15, 0.2) is 0 Å². The van der Waals surface area contributed by atoms with E-state index in [2.05, 4.69) is 5.32 Å². The van der Waals surface area contributed by atoms with E-state index in [-0.39, 0.29) is 12.5 Å². The summed E-state index contributed by atoms with van der Waals surface area (Å²) in [6.45, 7) is 4.47. The number of hydrogen-bond donors (Lipinski definition) is 1. The molecule has 0 saturated carbocycles. The van der Waals surface area contributed by atoms with E-state index in [4.69, 9.17) is 21.1 Å². The largest absolute Gasteiger partial charge is 0.494 e. The number of benzene rings is 2. The fraction of sp³-hybridized carbons (Fsp3) is 0.167. The topological polar surface area (TPSA) is 64.6 Å². The van der Waals surface area contributed by atoms with Crippen LogP contribution in [-0.2, 0) is 9.53 Å². The fourth-order valence-corrected chi connectivity index (χ4v) is 4.06. The van der Waals surface area contributed by atoms with Crippen molar-refractivity contribution < 1.29 is 19.1 Å². The second-order valence-corrected chi connectivity index (χ2v) is 7.73. The van der Waals surface area contributed by atoms with Gasteiger partial charge >= 0.3 is 5.97 Å². The molecule has 0 saturated heterocycles. The number of rotatable bonds is 8. The number of esters is 1. The molecule has 0 aliphatic carbocycles. The van der Waals surface area contributed by atoms with Crippen LogP contribution < -0.4 is 10.1 Å². The Kier molecular flexibility index (Phi) is 7.87. The standard InChI is InChI=1S/C24H22ClNO4S/c1-3-29-19-11-9-17(10-12-19)20-15-31-23(22(20)24(28)30-4-2)26-21(27)13-8-16-6-5-7-18(25)14-16/h5-15H,3-4H2,1-2H3,(H,26,27)/b13-8+. The highest BCUT2D eigenvalue weighted by Crippen LogP contribution is 2.37. The number of carbonyl (C=O) groups is 2. The zero-order valence-corrected chi connectivity index (χ0v) is 18.8. The van der Waals surface area contributed by atoms with E-state index in [0.29, 0.717) is 27.8 Å². The molecule has 0 aliphatic rings. The van der Waals surface area contributed by atoms with Crippen LogP contribution in [-0.4, -0.2) is 25.1 Å². The molecule has 0 fully saturated rings. The molecule has 0 bridgehead atoms. The smallest absolute Gasteiger partial charge is 0.341 e. The molecule has 1 N–H and O–H groups in total. The minimum atomic E-state index is -0.484. The second-order valence-electron chi connectivity index (χ2n) is 6.41. The molecule has 1 heterocycles. The van der Waals surface area contributed by atoms with E-state index >= 15 is 0 Å². The van der Waals surface area contributed by atoms with Gasteiger partial charge < -0.3 is 14.8 Å². The maximum absolute atomic E-state index is 12.7. The highest BCUT2D eigenvalue weighted by Gasteiger charge is 2.22. The van der Waals surface area contributed by atoms with Gasteiger partial charge in [-0.1, -0.05) is 35.9 Å². The van der Waals surface area contributed by atoms with Gasteiger partial charge in [0.25, 0.3) is 0 Å². The van der Waals surface area contributed by atoms with Crippen molar-refractivity contribution >= 4 is 45.9 Å². The van der Waals surface area contributed by atoms with E-state index in [1.165, 1.54) is 17.4 Å². The Morgan fingerprint density at radius 3 is 2.55 bits per heavy atom. The quantitative estimate of drug-likeness (QED) is 0.320.